The van der Waals surface area contributed by atoms with E-state index in [9.17, 15) is 4.39 Å². The largest absolute Gasteiger partial charge is 0.244 e. The lowest BCUT2D eigenvalue weighted by Crippen LogP contribution is -2.17. The molecule has 0 fully saturated rings. The molecule has 0 aromatic rings. The average Bonchev–Trinajstić information content (AvgIpc) is 2.72. The van der Waals surface area contributed by atoms with Crippen LogP contribution in [0.25, 0.3) is 0 Å². The molecular formula is C29H59F. The minimum atomic E-state index is -0.918. The summed E-state index contributed by atoms with van der Waals surface area (Å²) in [5.41, 5.74) is -0.918. The maximum atomic E-state index is 14.6. The van der Waals surface area contributed by atoms with E-state index in [1.54, 1.807) is 0 Å². The molecule has 0 aromatic carbocycles. The van der Waals surface area contributed by atoms with Gasteiger partial charge in [0, 0.05) is 0 Å². The van der Waals surface area contributed by atoms with Crippen LogP contribution in [0.3, 0.4) is 0 Å². The molecule has 0 N–H and O–H groups in total. The van der Waals surface area contributed by atoms with Gasteiger partial charge < -0.3 is 0 Å². The summed E-state index contributed by atoms with van der Waals surface area (Å²) >= 11 is 0. The van der Waals surface area contributed by atoms with Gasteiger partial charge in [0.05, 0.1) is 0 Å². The maximum Gasteiger partial charge on any atom is 0.108 e. The van der Waals surface area contributed by atoms with Crippen molar-refractivity contribution in [3.8, 4) is 0 Å². The number of unbranched alkanes of at least 4 members (excludes halogenated alkanes) is 21. The second-order valence-corrected chi connectivity index (χ2v) is 10.3. The monoisotopic (exact) mass is 426 g/mol. The Balaban J connectivity index is 3.26. The van der Waals surface area contributed by atoms with Crippen LogP contribution < -0.4 is 0 Å². The quantitative estimate of drug-likeness (QED) is 0.127. The van der Waals surface area contributed by atoms with Gasteiger partial charge in [-0.1, -0.05) is 162 Å². The second-order valence-electron chi connectivity index (χ2n) is 10.3. The van der Waals surface area contributed by atoms with Crippen LogP contribution in [0.1, 0.15) is 181 Å². The summed E-state index contributed by atoms with van der Waals surface area (Å²) in [4.78, 5) is 0. The molecule has 0 nitrogen and oxygen atoms in total. The van der Waals surface area contributed by atoms with Crippen molar-refractivity contribution in [1.29, 1.82) is 0 Å². The van der Waals surface area contributed by atoms with Crippen LogP contribution >= 0.6 is 0 Å². The third-order valence-corrected chi connectivity index (χ3v) is 6.85. The van der Waals surface area contributed by atoms with Gasteiger partial charge in [0.2, 0.25) is 0 Å². The third kappa shape index (κ3) is 24.2. The standard InChI is InChI=1S/C29H59F/c1-4-6-8-10-12-14-15-16-17-18-19-20-22-24-26-28-29(3,30)27-25-23-21-13-11-9-7-5-2/h4-28H2,1-3H3. The van der Waals surface area contributed by atoms with Gasteiger partial charge in [-0.2, -0.15) is 0 Å². The van der Waals surface area contributed by atoms with Crippen molar-refractivity contribution in [3.05, 3.63) is 0 Å². The van der Waals surface area contributed by atoms with Gasteiger partial charge in [-0.05, 0) is 19.8 Å². The minimum absolute atomic E-state index is 0.778. The fraction of sp³-hybridized carbons (Fsp3) is 1.00. The Morgan fingerprint density at radius 1 is 0.367 bits per heavy atom. The predicted octanol–water partition coefficient (Wildman–Crippen LogP) is 11.5. The maximum absolute atomic E-state index is 14.6. The van der Waals surface area contributed by atoms with Gasteiger partial charge >= 0.3 is 0 Å². The zero-order valence-electron chi connectivity index (χ0n) is 21.6. The number of alkyl halides is 1. The Labute approximate surface area is 191 Å². The van der Waals surface area contributed by atoms with Crippen molar-refractivity contribution in [2.75, 3.05) is 0 Å². The molecule has 0 radical (unpaired) electrons. The molecule has 0 amide bonds. The first kappa shape index (κ1) is 29.9. The molecule has 0 aliphatic heterocycles. The molecule has 0 rings (SSSR count). The van der Waals surface area contributed by atoms with Gasteiger partial charge in [-0.25, -0.2) is 4.39 Å². The smallest absolute Gasteiger partial charge is 0.108 e. The van der Waals surface area contributed by atoms with E-state index in [2.05, 4.69) is 13.8 Å². The van der Waals surface area contributed by atoms with Crippen LogP contribution in [0.5, 0.6) is 0 Å². The Kier molecular flexibility index (Phi) is 23.5. The van der Waals surface area contributed by atoms with Crippen molar-refractivity contribution < 1.29 is 4.39 Å². The molecule has 0 aliphatic rings. The zero-order valence-corrected chi connectivity index (χ0v) is 21.6. The Morgan fingerprint density at radius 2 is 0.567 bits per heavy atom. The Hall–Kier alpha value is -0.0700. The van der Waals surface area contributed by atoms with Crippen molar-refractivity contribution in [2.24, 2.45) is 0 Å². The molecule has 30 heavy (non-hydrogen) atoms. The number of hydrogen-bond donors (Lipinski definition) is 0. The molecule has 1 unspecified atom stereocenters. The lowest BCUT2D eigenvalue weighted by atomic mass is 9.93. The SMILES string of the molecule is CCCCCCCCCCCCCCCCCC(C)(F)CCCCCCCCCC. The number of halogens is 1. The summed E-state index contributed by atoms with van der Waals surface area (Å²) < 4.78 is 14.6. The topological polar surface area (TPSA) is 0 Å². The molecule has 0 saturated carbocycles. The van der Waals surface area contributed by atoms with Crippen molar-refractivity contribution in [3.63, 3.8) is 0 Å². The highest BCUT2D eigenvalue weighted by atomic mass is 19.1. The fourth-order valence-corrected chi connectivity index (χ4v) is 4.62. The highest BCUT2D eigenvalue weighted by Gasteiger charge is 2.21. The zero-order chi connectivity index (χ0) is 22.2. The molecule has 0 aromatic heterocycles. The molecule has 0 bridgehead atoms. The van der Waals surface area contributed by atoms with Crippen molar-refractivity contribution in [1.82, 2.24) is 0 Å². The molecule has 0 saturated heterocycles. The van der Waals surface area contributed by atoms with Crippen molar-refractivity contribution in [2.45, 2.75) is 187 Å². The first-order valence-electron chi connectivity index (χ1n) is 14.3. The van der Waals surface area contributed by atoms with Gasteiger partial charge in [-0.15, -0.1) is 0 Å². The van der Waals surface area contributed by atoms with Crippen LogP contribution in [0.4, 0.5) is 4.39 Å². The number of rotatable bonds is 25. The first-order chi connectivity index (χ1) is 14.6. The van der Waals surface area contributed by atoms with Gasteiger partial charge in [0.1, 0.15) is 5.67 Å². The molecule has 0 aliphatic carbocycles. The highest BCUT2D eigenvalue weighted by molar-refractivity contribution is 4.73. The summed E-state index contributed by atoms with van der Waals surface area (Å²) in [5, 5.41) is 0. The minimum Gasteiger partial charge on any atom is -0.244 e. The van der Waals surface area contributed by atoms with Crippen LogP contribution in [-0.4, -0.2) is 5.67 Å². The highest BCUT2D eigenvalue weighted by Crippen LogP contribution is 2.26. The van der Waals surface area contributed by atoms with Gasteiger partial charge in [0.15, 0.2) is 0 Å². The van der Waals surface area contributed by atoms with Gasteiger partial charge in [0.25, 0.3) is 0 Å². The van der Waals surface area contributed by atoms with Gasteiger partial charge in [-0.3, -0.25) is 0 Å². The van der Waals surface area contributed by atoms with E-state index in [1.165, 1.54) is 135 Å². The van der Waals surface area contributed by atoms with Crippen LogP contribution in [0.2, 0.25) is 0 Å². The second kappa shape index (κ2) is 23.6. The molecule has 1 atom stereocenters. The molecule has 1 heteroatoms. The van der Waals surface area contributed by atoms with E-state index in [0.717, 1.165) is 25.7 Å². The predicted molar refractivity (Wildman–Crippen MR) is 136 cm³/mol. The van der Waals surface area contributed by atoms with Crippen LogP contribution in [0.15, 0.2) is 0 Å². The molecule has 182 valence electrons. The summed E-state index contributed by atoms with van der Waals surface area (Å²) in [6.45, 7) is 6.40. The van der Waals surface area contributed by atoms with E-state index in [4.69, 9.17) is 0 Å². The lowest BCUT2D eigenvalue weighted by molar-refractivity contribution is 0.151. The van der Waals surface area contributed by atoms with E-state index < -0.39 is 5.67 Å². The van der Waals surface area contributed by atoms with E-state index in [0.29, 0.717) is 0 Å². The summed E-state index contributed by atoms with van der Waals surface area (Å²) in [6, 6.07) is 0. The van der Waals surface area contributed by atoms with Crippen LogP contribution in [0, 0.1) is 0 Å². The Bertz CT molecular complexity index is 309. The third-order valence-electron chi connectivity index (χ3n) is 6.85. The van der Waals surface area contributed by atoms with E-state index in [1.807, 2.05) is 6.92 Å². The van der Waals surface area contributed by atoms with Crippen molar-refractivity contribution >= 4 is 0 Å². The molecule has 0 spiro atoms. The van der Waals surface area contributed by atoms with E-state index in [-0.39, 0.29) is 0 Å². The van der Waals surface area contributed by atoms with Crippen LogP contribution in [-0.2, 0) is 0 Å². The number of hydrogen-bond acceptors (Lipinski definition) is 0. The molecule has 0 heterocycles. The van der Waals surface area contributed by atoms with E-state index >= 15 is 0 Å². The summed E-state index contributed by atoms with van der Waals surface area (Å²) in [7, 11) is 0. The average molecular weight is 427 g/mol. The molecular weight excluding hydrogens is 367 g/mol. The fourth-order valence-electron chi connectivity index (χ4n) is 4.62. The first-order valence-corrected chi connectivity index (χ1v) is 14.3. The summed E-state index contributed by atoms with van der Waals surface area (Å²) in [5.74, 6) is 0. The lowest BCUT2D eigenvalue weighted by Gasteiger charge is -2.20. The normalized spacial score (nSPS) is 13.6. The Morgan fingerprint density at radius 3 is 0.800 bits per heavy atom. The summed E-state index contributed by atoms with van der Waals surface area (Å²) in [6.07, 6.45) is 32.6.